The molecule has 0 radical (unpaired) electrons. The number of rotatable bonds is 7. The van der Waals surface area contributed by atoms with E-state index in [1.165, 1.54) is 23.5 Å². The Hall–Kier alpha value is -2.68. The van der Waals surface area contributed by atoms with E-state index >= 15 is 0 Å². The highest BCUT2D eigenvalue weighted by Crippen LogP contribution is 2.34. The Balaban J connectivity index is 1.52. The molecule has 1 aliphatic rings. The molecule has 1 atom stereocenters. The van der Waals surface area contributed by atoms with Gasteiger partial charge in [-0.2, -0.15) is 0 Å². The van der Waals surface area contributed by atoms with Crippen molar-refractivity contribution in [2.24, 2.45) is 0 Å². The van der Waals surface area contributed by atoms with Gasteiger partial charge in [-0.3, -0.25) is 4.79 Å². The largest absolute Gasteiger partial charge is 0.497 e. The lowest BCUT2D eigenvalue weighted by Gasteiger charge is -2.25. The van der Waals surface area contributed by atoms with E-state index in [0.29, 0.717) is 12.1 Å². The molecule has 0 saturated carbocycles. The molecule has 4 rings (SSSR count). The number of amides is 1. The van der Waals surface area contributed by atoms with Gasteiger partial charge in [-0.05, 0) is 60.2 Å². The molecule has 2 heterocycles. The predicted molar refractivity (Wildman–Crippen MR) is 121 cm³/mol. The van der Waals surface area contributed by atoms with Gasteiger partial charge in [-0.1, -0.05) is 24.3 Å². The van der Waals surface area contributed by atoms with E-state index in [4.69, 9.17) is 4.74 Å². The second-order valence-electron chi connectivity index (χ2n) is 7.36. The number of carbonyl (C=O) groups excluding carboxylic acids is 1. The van der Waals surface area contributed by atoms with Crippen molar-refractivity contribution in [1.29, 1.82) is 0 Å². The number of thiophene rings is 1. The number of nitrogens with one attached hydrogen (secondary N) is 1. The maximum absolute atomic E-state index is 13.3. The first-order valence-corrected chi connectivity index (χ1v) is 12.4. The first-order chi connectivity index (χ1) is 15.0. The summed E-state index contributed by atoms with van der Waals surface area (Å²) < 4.78 is 33.3. The third-order valence-electron chi connectivity index (χ3n) is 5.42. The van der Waals surface area contributed by atoms with Gasteiger partial charge in [-0.15, -0.1) is 11.3 Å². The zero-order valence-electron chi connectivity index (χ0n) is 17.2. The molecule has 162 valence electrons. The fourth-order valence-corrected chi connectivity index (χ4v) is 5.60. The highest BCUT2D eigenvalue weighted by molar-refractivity contribution is 7.89. The third kappa shape index (κ3) is 4.81. The summed E-state index contributed by atoms with van der Waals surface area (Å²) in [4.78, 5) is 16.1. The minimum absolute atomic E-state index is 0.0318. The summed E-state index contributed by atoms with van der Waals surface area (Å²) in [7, 11) is -2.10. The van der Waals surface area contributed by atoms with Crippen LogP contribution >= 0.6 is 11.3 Å². The van der Waals surface area contributed by atoms with Gasteiger partial charge in [0.1, 0.15) is 5.75 Å². The smallest absolute Gasteiger partial charge is 0.254 e. The Morgan fingerprint density at radius 1 is 1.16 bits per heavy atom. The number of carbonyl (C=O) groups is 1. The Morgan fingerprint density at radius 3 is 2.68 bits per heavy atom. The first kappa shape index (κ1) is 21.5. The molecule has 1 amide bonds. The van der Waals surface area contributed by atoms with Crippen LogP contribution in [-0.2, 0) is 16.6 Å². The summed E-state index contributed by atoms with van der Waals surface area (Å²) in [6, 6.07) is 17.7. The van der Waals surface area contributed by atoms with Crippen LogP contribution in [0.2, 0.25) is 0 Å². The number of likely N-dealkylation sites (tertiary alicyclic amines) is 1. The van der Waals surface area contributed by atoms with Crippen LogP contribution < -0.4 is 9.46 Å². The number of hydrogen-bond acceptors (Lipinski definition) is 5. The zero-order chi connectivity index (χ0) is 21.8. The molecule has 1 fully saturated rings. The lowest BCUT2D eigenvalue weighted by molar-refractivity contribution is 0.0735. The molecule has 2 aromatic carbocycles. The SMILES string of the molecule is COc1ccc([C@@H]2CCCN2C(=O)c2cccc(S(=O)(=O)NCc3cccs3)c2)cc1. The van der Waals surface area contributed by atoms with Crippen LogP contribution in [0.4, 0.5) is 0 Å². The summed E-state index contributed by atoms with van der Waals surface area (Å²) in [5, 5.41) is 1.90. The topological polar surface area (TPSA) is 75.7 Å². The average molecular weight is 457 g/mol. The third-order valence-corrected chi connectivity index (χ3v) is 7.70. The normalized spacial score (nSPS) is 16.4. The van der Waals surface area contributed by atoms with E-state index in [9.17, 15) is 13.2 Å². The molecule has 1 N–H and O–H groups in total. The van der Waals surface area contributed by atoms with Gasteiger partial charge in [0.15, 0.2) is 0 Å². The Morgan fingerprint density at radius 2 is 1.97 bits per heavy atom. The number of methoxy groups -OCH3 is 1. The van der Waals surface area contributed by atoms with Crippen LogP contribution in [0.5, 0.6) is 5.75 Å². The molecule has 0 unspecified atom stereocenters. The fraction of sp³-hybridized carbons (Fsp3) is 0.261. The minimum atomic E-state index is -3.72. The second-order valence-corrected chi connectivity index (χ2v) is 10.2. The molecule has 0 bridgehead atoms. The van der Waals surface area contributed by atoms with Gasteiger partial charge in [0.05, 0.1) is 18.0 Å². The van der Waals surface area contributed by atoms with E-state index in [0.717, 1.165) is 29.0 Å². The molecule has 31 heavy (non-hydrogen) atoms. The maximum Gasteiger partial charge on any atom is 0.254 e. The summed E-state index contributed by atoms with van der Waals surface area (Å²) >= 11 is 1.49. The number of ether oxygens (including phenoxy) is 1. The zero-order valence-corrected chi connectivity index (χ0v) is 18.8. The van der Waals surface area contributed by atoms with Gasteiger partial charge < -0.3 is 9.64 Å². The van der Waals surface area contributed by atoms with E-state index in [1.807, 2.05) is 46.7 Å². The van der Waals surface area contributed by atoms with Crippen molar-refractivity contribution >= 4 is 27.3 Å². The van der Waals surface area contributed by atoms with Crippen molar-refractivity contribution in [3.05, 3.63) is 82.0 Å². The summed E-state index contributed by atoms with van der Waals surface area (Å²) in [6.07, 6.45) is 1.78. The molecule has 1 aliphatic heterocycles. The lowest BCUT2D eigenvalue weighted by atomic mass is 10.0. The number of hydrogen-bond donors (Lipinski definition) is 1. The molecule has 1 saturated heterocycles. The van der Waals surface area contributed by atoms with Gasteiger partial charge in [0.25, 0.3) is 5.91 Å². The summed E-state index contributed by atoms with van der Waals surface area (Å²) in [5.41, 5.74) is 1.42. The van der Waals surface area contributed by atoms with Gasteiger partial charge in [-0.25, -0.2) is 13.1 Å². The van der Waals surface area contributed by atoms with Crippen molar-refractivity contribution < 1.29 is 17.9 Å². The number of nitrogens with zero attached hydrogens (tertiary/aromatic N) is 1. The van der Waals surface area contributed by atoms with Crippen LogP contribution in [0.1, 0.15) is 39.7 Å². The highest BCUT2D eigenvalue weighted by Gasteiger charge is 2.31. The van der Waals surface area contributed by atoms with E-state index in [-0.39, 0.29) is 23.4 Å². The number of sulfonamides is 1. The van der Waals surface area contributed by atoms with Crippen LogP contribution in [0.3, 0.4) is 0 Å². The molecule has 0 aliphatic carbocycles. The summed E-state index contributed by atoms with van der Waals surface area (Å²) in [6.45, 7) is 0.868. The molecule has 6 nitrogen and oxygen atoms in total. The predicted octanol–water partition coefficient (Wildman–Crippen LogP) is 4.21. The van der Waals surface area contributed by atoms with E-state index in [2.05, 4.69) is 4.72 Å². The monoisotopic (exact) mass is 456 g/mol. The molecule has 3 aromatic rings. The Labute approximate surface area is 186 Å². The molecule has 0 spiro atoms. The van der Waals surface area contributed by atoms with Crippen molar-refractivity contribution in [3.8, 4) is 5.75 Å². The lowest BCUT2D eigenvalue weighted by Crippen LogP contribution is -2.31. The maximum atomic E-state index is 13.3. The van der Waals surface area contributed by atoms with Crippen molar-refractivity contribution in [2.75, 3.05) is 13.7 Å². The van der Waals surface area contributed by atoms with Crippen LogP contribution in [-0.4, -0.2) is 32.9 Å². The van der Waals surface area contributed by atoms with Crippen molar-refractivity contribution in [2.45, 2.75) is 30.3 Å². The van der Waals surface area contributed by atoms with E-state index in [1.54, 1.807) is 19.2 Å². The first-order valence-electron chi connectivity index (χ1n) is 10.0. The number of benzene rings is 2. The van der Waals surface area contributed by atoms with Gasteiger partial charge in [0.2, 0.25) is 10.0 Å². The Bertz CT molecular complexity index is 1140. The van der Waals surface area contributed by atoms with Crippen LogP contribution in [0, 0.1) is 0 Å². The van der Waals surface area contributed by atoms with E-state index < -0.39 is 10.0 Å². The van der Waals surface area contributed by atoms with Gasteiger partial charge >= 0.3 is 0 Å². The van der Waals surface area contributed by atoms with Crippen molar-refractivity contribution in [3.63, 3.8) is 0 Å². The standard InChI is InChI=1S/C23H24N2O4S2/c1-29-19-11-9-17(10-12-19)22-8-3-13-25(22)23(26)18-5-2-7-21(15-18)31(27,28)24-16-20-6-4-14-30-20/h2,4-7,9-12,14-15,22,24H,3,8,13,16H2,1H3/t22-/m0/s1. The summed E-state index contributed by atoms with van der Waals surface area (Å²) in [5.74, 6) is 0.612. The van der Waals surface area contributed by atoms with Crippen LogP contribution in [0.15, 0.2) is 70.9 Å². The molecule has 1 aromatic heterocycles. The van der Waals surface area contributed by atoms with Gasteiger partial charge in [0, 0.05) is 23.5 Å². The van der Waals surface area contributed by atoms with Crippen LogP contribution in [0.25, 0.3) is 0 Å². The minimum Gasteiger partial charge on any atom is -0.497 e. The molecule has 8 heteroatoms. The average Bonchev–Trinajstić information content (AvgIpc) is 3.50. The molecular weight excluding hydrogens is 432 g/mol. The second kappa shape index (κ2) is 9.21. The fourth-order valence-electron chi connectivity index (χ4n) is 3.81. The molecular formula is C23H24N2O4S2. The Kier molecular flexibility index (Phi) is 6.41. The highest BCUT2D eigenvalue weighted by atomic mass is 32.2. The quantitative estimate of drug-likeness (QED) is 0.578. The van der Waals surface area contributed by atoms with Crippen molar-refractivity contribution in [1.82, 2.24) is 9.62 Å².